The fourth-order valence-corrected chi connectivity index (χ4v) is 1.78. The fourth-order valence-electron chi connectivity index (χ4n) is 1.78. The number of aliphatic hydroxyl groups is 1. The summed E-state index contributed by atoms with van der Waals surface area (Å²) in [6, 6.07) is 0. The Hall–Kier alpha value is -1.40. The lowest BCUT2D eigenvalue weighted by atomic mass is 10.0. The summed E-state index contributed by atoms with van der Waals surface area (Å²) < 4.78 is 5.19. The average molecular weight is 252 g/mol. The Balaban J connectivity index is 1.88. The van der Waals surface area contributed by atoms with Gasteiger partial charge in [0.2, 0.25) is 0 Å². The van der Waals surface area contributed by atoms with E-state index >= 15 is 0 Å². The van der Waals surface area contributed by atoms with E-state index in [1.165, 1.54) is 0 Å². The molecule has 1 aromatic heterocycles. The van der Waals surface area contributed by atoms with Crippen molar-refractivity contribution in [2.75, 3.05) is 36.9 Å². The summed E-state index contributed by atoms with van der Waals surface area (Å²) in [6.45, 7) is 4.39. The lowest BCUT2D eigenvalue weighted by molar-refractivity contribution is 0.0381. The molecule has 0 aliphatic carbocycles. The van der Waals surface area contributed by atoms with Gasteiger partial charge in [-0.2, -0.15) is 0 Å². The van der Waals surface area contributed by atoms with Gasteiger partial charge in [0.1, 0.15) is 17.2 Å². The third-order valence-electron chi connectivity index (χ3n) is 2.87. The molecule has 1 aliphatic heterocycles. The Bertz CT molecular complexity index is 380. The van der Waals surface area contributed by atoms with E-state index in [-0.39, 0.29) is 0 Å². The van der Waals surface area contributed by atoms with Crippen LogP contribution in [0.15, 0.2) is 12.4 Å². The zero-order valence-electron chi connectivity index (χ0n) is 10.6. The van der Waals surface area contributed by atoms with Crippen LogP contribution in [0.25, 0.3) is 0 Å². The van der Waals surface area contributed by atoms with Crippen LogP contribution in [0.5, 0.6) is 0 Å². The standard InChI is InChI=1S/C12H20N4O2/c1-2-4-14-10-6-13-7-11(16-10)15-8-12(17)3-5-18-9-12/h6-7,17H,2-5,8-9H2,1H3,(H2,14,15,16). The number of hydrogen-bond donors (Lipinski definition) is 3. The highest BCUT2D eigenvalue weighted by molar-refractivity contribution is 5.41. The van der Waals surface area contributed by atoms with Crippen LogP contribution in [0.1, 0.15) is 19.8 Å². The van der Waals surface area contributed by atoms with Crippen molar-refractivity contribution < 1.29 is 9.84 Å². The van der Waals surface area contributed by atoms with Gasteiger partial charge in [0.25, 0.3) is 0 Å². The molecule has 0 saturated carbocycles. The zero-order valence-corrected chi connectivity index (χ0v) is 10.6. The molecule has 2 heterocycles. The first kappa shape index (κ1) is 13.0. The smallest absolute Gasteiger partial charge is 0.147 e. The summed E-state index contributed by atoms with van der Waals surface area (Å²) in [5, 5.41) is 16.4. The zero-order chi connectivity index (χ0) is 12.8. The molecule has 0 spiro atoms. The Kier molecular flexibility index (Phi) is 4.33. The molecule has 0 aromatic carbocycles. The predicted molar refractivity (Wildman–Crippen MR) is 69.7 cm³/mol. The van der Waals surface area contributed by atoms with Crippen molar-refractivity contribution in [1.82, 2.24) is 9.97 Å². The maximum absolute atomic E-state index is 10.1. The van der Waals surface area contributed by atoms with Crippen LogP contribution >= 0.6 is 0 Å². The summed E-state index contributed by atoms with van der Waals surface area (Å²) >= 11 is 0. The second-order valence-electron chi connectivity index (χ2n) is 4.60. The molecule has 0 bridgehead atoms. The summed E-state index contributed by atoms with van der Waals surface area (Å²) in [7, 11) is 0. The van der Waals surface area contributed by atoms with Gasteiger partial charge in [-0.3, -0.25) is 4.98 Å². The number of nitrogens with zero attached hydrogens (tertiary/aromatic N) is 2. The number of anilines is 2. The van der Waals surface area contributed by atoms with Gasteiger partial charge in [-0.15, -0.1) is 0 Å². The largest absolute Gasteiger partial charge is 0.386 e. The van der Waals surface area contributed by atoms with Crippen LogP contribution in [0.4, 0.5) is 11.6 Å². The molecular weight excluding hydrogens is 232 g/mol. The lowest BCUT2D eigenvalue weighted by Gasteiger charge is -2.20. The Morgan fingerprint density at radius 1 is 1.39 bits per heavy atom. The van der Waals surface area contributed by atoms with E-state index in [1.54, 1.807) is 12.4 Å². The number of ether oxygens (including phenoxy) is 1. The lowest BCUT2D eigenvalue weighted by Crippen LogP contribution is -2.37. The molecule has 6 heteroatoms. The monoisotopic (exact) mass is 252 g/mol. The Morgan fingerprint density at radius 2 is 2.17 bits per heavy atom. The summed E-state index contributed by atoms with van der Waals surface area (Å²) in [5.74, 6) is 1.41. The van der Waals surface area contributed by atoms with Gasteiger partial charge < -0.3 is 20.5 Å². The van der Waals surface area contributed by atoms with Crippen LogP contribution in [-0.4, -0.2) is 47.0 Å². The van der Waals surface area contributed by atoms with Crippen molar-refractivity contribution in [3.8, 4) is 0 Å². The first-order valence-corrected chi connectivity index (χ1v) is 6.32. The highest BCUT2D eigenvalue weighted by Crippen LogP contribution is 2.18. The van der Waals surface area contributed by atoms with E-state index in [9.17, 15) is 5.11 Å². The summed E-state index contributed by atoms with van der Waals surface area (Å²) in [6.07, 6.45) is 5.03. The van der Waals surface area contributed by atoms with Gasteiger partial charge in [-0.25, -0.2) is 4.98 Å². The molecule has 1 unspecified atom stereocenters. The molecule has 1 aliphatic rings. The van der Waals surface area contributed by atoms with Crippen molar-refractivity contribution in [2.24, 2.45) is 0 Å². The van der Waals surface area contributed by atoms with Gasteiger partial charge in [0, 0.05) is 26.1 Å². The van der Waals surface area contributed by atoms with Gasteiger partial charge in [-0.1, -0.05) is 6.92 Å². The first-order valence-electron chi connectivity index (χ1n) is 6.32. The van der Waals surface area contributed by atoms with E-state index in [1.807, 2.05) is 0 Å². The molecule has 1 saturated heterocycles. The average Bonchev–Trinajstić information content (AvgIpc) is 2.82. The van der Waals surface area contributed by atoms with Crippen molar-refractivity contribution >= 4 is 11.6 Å². The molecule has 100 valence electrons. The van der Waals surface area contributed by atoms with Crippen molar-refractivity contribution in [3.05, 3.63) is 12.4 Å². The number of hydrogen-bond acceptors (Lipinski definition) is 6. The highest BCUT2D eigenvalue weighted by Gasteiger charge is 2.31. The van der Waals surface area contributed by atoms with E-state index in [4.69, 9.17) is 4.74 Å². The van der Waals surface area contributed by atoms with Crippen molar-refractivity contribution in [2.45, 2.75) is 25.4 Å². The maximum atomic E-state index is 10.1. The second-order valence-corrected chi connectivity index (χ2v) is 4.60. The predicted octanol–water partition coefficient (Wildman–Crippen LogP) is 0.862. The molecule has 0 amide bonds. The first-order chi connectivity index (χ1) is 8.72. The van der Waals surface area contributed by atoms with Crippen LogP contribution < -0.4 is 10.6 Å². The van der Waals surface area contributed by atoms with Crippen molar-refractivity contribution in [1.29, 1.82) is 0 Å². The SMILES string of the molecule is CCCNc1cncc(NCC2(O)CCOC2)n1. The fraction of sp³-hybridized carbons (Fsp3) is 0.667. The van der Waals surface area contributed by atoms with Crippen LogP contribution in [0, 0.1) is 0 Å². The minimum atomic E-state index is -0.783. The van der Waals surface area contributed by atoms with E-state index in [0.29, 0.717) is 32.0 Å². The molecule has 18 heavy (non-hydrogen) atoms. The van der Waals surface area contributed by atoms with E-state index < -0.39 is 5.60 Å². The van der Waals surface area contributed by atoms with E-state index in [2.05, 4.69) is 27.5 Å². The molecule has 1 fully saturated rings. The quantitative estimate of drug-likeness (QED) is 0.697. The maximum Gasteiger partial charge on any atom is 0.147 e. The summed E-state index contributed by atoms with van der Waals surface area (Å²) in [5.41, 5.74) is -0.783. The Morgan fingerprint density at radius 3 is 2.83 bits per heavy atom. The number of rotatable bonds is 6. The van der Waals surface area contributed by atoms with Gasteiger partial charge in [0.15, 0.2) is 0 Å². The van der Waals surface area contributed by atoms with Gasteiger partial charge in [0.05, 0.1) is 19.0 Å². The minimum absolute atomic E-state index is 0.376. The Labute approximate surface area is 107 Å². The highest BCUT2D eigenvalue weighted by atomic mass is 16.5. The molecule has 1 atom stereocenters. The van der Waals surface area contributed by atoms with Crippen LogP contribution in [0.3, 0.4) is 0 Å². The minimum Gasteiger partial charge on any atom is -0.386 e. The van der Waals surface area contributed by atoms with E-state index in [0.717, 1.165) is 18.8 Å². The van der Waals surface area contributed by atoms with Crippen LogP contribution in [0.2, 0.25) is 0 Å². The third kappa shape index (κ3) is 3.54. The molecule has 6 nitrogen and oxygen atoms in total. The second kappa shape index (κ2) is 5.97. The normalized spacial score (nSPS) is 23.0. The third-order valence-corrected chi connectivity index (χ3v) is 2.87. The number of aromatic nitrogens is 2. The topological polar surface area (TPSA) is 79.3 Å². The van der Waals surface area contributed by atoms with Gasteiger partial charge in [-0.05, 0) is 6.42 Å². The molecule has 1 aromatic rings. The molecule has 3 N–H and O–H groups in total. The number of nitrogens with one attached hydrogen (secondary N) is 2. The van der Waals surface area contributed by atoms with Crippen molar-refractivity contribution in [3.63, 3.8) is 0 Å². The van der Waals surface area contributed by atoms with Crippen LogP contribution in [-0.2, 0) is 4.74 Å². The summed E-state index contributed by atoms with van der Waals surface area (Å²) in [4.78, 5) is 8.47. The molecular formula is C12H20N4O2. The van der Waals surface area contributed by atoms with Gasteiger partial charge >= 0.3 is 0 Å². The molecule has 0 radical (unpaired) electrons. The molecule has 2 rings (SSSR count).